The Morgan fingerprint density at radius 3 is 2.06 bits per heavy atom. The summed E-state index contributed by atoms with van der Waals surface area (Å²) in [4.78, 5) is 22.8. The topological polar surface area (TPSA) is 52.6 Å². The number of hydrogen-bond acceptors (Lipinski definition) is 4. The minimum Gasteiger partial charge on any atom is -0.520 e. The zero-order chi connectivity index (χ0) is 13.0. The zero-order valence-electron chi connectivity index (χ0n) is 11.0. The second-order valence-corrected chi connectivity index (χ2v) is 9.89. The maximum atomic E-state index is 11.5. The lowest BCUT2D eigenvalue weighted by atomic mass is 9.88. The van der Waals surface area contributed by atoms with Crippen LogP contribution in [0.25, 0.3) is 0 Å². The van der Waals surface area contributed by atoms with Crippen LogP contribution < -0.4 is 0 Å². The summed E-state index contributed by atoms with van der Waals surface area (Å²) in [5.41, 5.74) is -0.632. The van der Waals surface area contributed by atoms with Gasteiger partial charge in [0.15, 0.2) is 0 Å². The standard InChI is InChI=1S/C11H22O4Si/c1-11(2,10(13)14-3)8-7-9(12)15-16(4,5)6/h7-8H2,1-6H3. The predicted octanol–water partition coefficient (Wildman–Crippen LogP) is 2.34. The lowest BCUT2D eigenvalue weighted by molar-refractivity contribution is -0.151. The quantitative estimate of drug-likeness (QED) is 0.552. The van der Waals surface area contributed by atoms with Gasteiger partial charge in [0.2, 0.25) is 8.32 Å². The number of ether oxygens (including phenoxy) is 1. The van der Waals surface area contributed by atoms with Crippen LogP contribution in [0.15, 0.2) is 0 Å². The van der Waals surface area contributed by atoms with E-state index in [1.807, 2.05) is 19.6 Å². The molecule has 0 atom stereocenters. The fourth-order valence-electron chi connectivity index (χ4n) is 1.19. The molecular weight excluding hydrogens is 224 g/mol. The minimum atomic E-state index is -1.82. The van der Waals surface area contributed by atoms with Crippen molar-refractivity contribution in [2.75, 3.05) is 7.11 Å². The molecule has 0 bridgehead atoms. The van der Waals surface area contributed by atoms with Crippen LogP contribution in [0.2, 0.25) is 19.6 Å². The number of hydrogen-bond donors (Lipinski definition) is 0. The van der Waals surface area contributed by atoms with E-state index in [0.29, 0.717) is 6.42 Å². The van der Waals surface area contributed by atoms with E-state index in [9.17, 15) is 9.59 Å². The first kappa shape index (κ1) is 15.2. The fourth-order valence-corrected chi connectivity index (χ4v) is 1.97. The van der Waals surface area contributed by atoms with Gasteiger partial charge in [-0.1, -0.05) is 0 Å². The molecule has 0 aliphatic heterocycles. The lowest BCUT2D eigenvalue weighted by Crippen LogP contribution is -2.31. The number of rotatable bonds is 5. The third-order valence-electron chi connectivity index (χ3n) is 2.11. The van der Waals surface area contributed by atoms with Gasteiger partial charge in [0, 0.05) is 6.42 Å². The summed E-state index contributed by atoms with van der Waals surface area (Å²) in [6, 6.07) is 0. The number of carbonyl (C=O) groups is 2. The van der Waals surface area contributed by atoms with Crippen LogP contribution in [0.5, 0.6) is 0 Å². The van der Waals surface area contributed by atoms with Crippen LogP contribution >= 0.6 is 0 Å². The monoisotopic (exact) mass is 246 g/mol. The largest absolute Gasteiger partial charge is 0.520 e. The van der Waals surface area contributed by atoms with Gasteiger partial charge in [-0.15, -0.1) is 0 Å². The molecule has 4 nitrogen and oxygen atoms in total. The van der Waals surface area contributed by atoms with E-state index in [1.165, 1.54) is 7.11 Å². The maximum absolute atomic E-state index is 11.5. The van der Waals surface area contributed by atoms with Crippen LogP contribution in [0, 0.1) is 5.41 Å². The summed E-state index contributed by atoms with van der Waals surface area (Å²) in [7, 11) is -0.466. The van der Waals surface area contributed by atoms with E-state index in [1.54, 1.807) is 13.8 Å². The highest BCUT2D eigenvalue weighted by atomic mass is 28.4. The molecule has 0 amide bonds. The number of esters is 1. The van der Waals surface area contributed by atoms with Crippen molar-refractivity contribution >= 4 is 20.3 Å². The number of carbonyl (C=O) groups excluding carboxylic acids is 2. The van der Waals surface area contributed by atoms with Crippen molar-refractivity contribution in [3.8, 4) is 0 Å². The lowest BCUT2D eigenvalue weighted by Gasteiger charge is -2.22. The van der Waals surface area contributed by atoms with Gasteiger partial charge in [-0.2, -0.15) is 0 Å². The molecule has 0 rings (SSSR count). The van der Waals surface area contributed by atoms with Crippen LogP contribution in [0.3, 0.4) is 0 Å². The Kier molecular flexibility index (Phi) is 5.19. The Morgan fingerprint density at radius 1 is 1.19 bits per heavy atom. The van der Waals surface area contributed by atoms with Crippen molar-refractivity contribution in [3.05, 3.63) is 0 Å². The van der Waals surface area contributed by atoms with E-state index in [4.69, 9.17) is 4.43 Å². The Bertz CT molecular complexity index is 266. The second kappa shape index (κ2) is 5.47. The third kappa shape index (κ3) is 5.90. The van der Waals surface area contributed by atoms with Gasteiger partial charge in [0.25, 0.3) is 5.97 Å². The molecule has 0 radical (unpaired) electrons. The van der Waals surface area contributed by atoms with Crippen LogP contribution in [-0.4, -0.2) is 27.4 Å². The fraction of sp³-hybridized carbons (Fsp3) is 0.818. The van der Waals surface area contributed by atoms with Gasteiger partial charge in [0.1, 0.15) is 0 Å². The van der Waals surface area contributed by atoms with Crippen molar-refractivity contribution in [1.82, 2.24) is 0 Å². The molecular formula is C11H22O4Si. The highest BCUT2D eigenvalue weighted by Crippen LogP contribution is 2.24. The summed E-state index contributed by atoms with van der Waals surface area (Å²) in [6.45, 7) is 9.39. The van der Waals surface area contributed by atoms with Crippen molar-refractivity contribution in [2.45, 2.75) is 46.3 Å². The summed E-state index contributed by atoms with van der Waals surface area (Å²) in [6.07, 6.45) is 0.704. The molecule has 0 saturated heterocycles. The van der Waals surface area contributed by atoms with Crippen LogP contribution in [0.1, 0.15) is 26.7 Å². The van der Waals surface area contributed by atoms with Crippen molar-refractivity contribution in [3.63, 3.8) is 0 Å². The zero-order valence-corrected chi connectivity index (χ0v) is 12.0. The summed E-state index contributed by atoms with van der Waals surface area (Å²) in [5.74, 6) is -0.524. The predicted molar refractivity (Wildman–Crippen MR) is 64.5 cm³/mol. The molecule has 0 spiro atoms. The average molecular weight is 246 g/mol. The molecule has 5 heteroatoms. The van der Waals surface area contributed by atoms with Crippen molar-refractivity contribution < 1.29 is 18.8 Å². The first-order chi connectivity index (χ1) is 7.08. The molecule has 94 valence electrons. The van der Waals surface area contributed by atoms with E-state index < -0.39 is 13.7 Å². The highest BCUT2D eigenvalue weighted by Gasteiger charge is 2.30. The molecule has 0 aromatic carbocycles. The van der Waals surface area contributed by atoms with Crippen LogP contribution in [-0.2, 0) is 18.8 Å². The molecule has 0 unspecified atom stereocenters. The number of methoxy groups -OCH3 is 1. The normalized spacial score (nSPS) is 12.1. The van der Waals surface area contributed by atoms with E-state index in [2.05, 4.69) is 4.74 Å². The van der Waals surface area contributed by atoms with Gasteiger partial charge in [-0.05, 0) is 39.9 Å². The van der Waals surface area contributed by atoms with Gasteiger partial charge in [-0.3, -0.25) is 9.59 Å². The minimum absolute atomic E-state index is 0.226. The Hall–Kier alpha value is -0.843. The second-order valence-electron chi connectivity index (χ2n) is 5.46. The molecule has 0 saturated carbocycles. The smallest absolute Gasteiger partial charge is 0.311 e. The van der Waals surface area contributed by atoms with Gasteiger partial charge in [0.05, 0.1) is 12.5 Å². The molecule has 0 aliphatic rings. The van der Waals surface area contributed by atoms with Gasteiger partial charge in [-0.25, -0.2) is 0 Å². The Morgan fingerprint density at radius 2 is 1.69 bits per heavy atom. The maximum Gasteiger partial charge on any atom is 0.311 e. The summed E-state index contributed by atoms with van der Waals surface area (Å²) < 4.78 is 9.96. The molecule has 0 aliphatic carbocycles. The highest BCUT2D eigenvalue weighted by molar-refractivity contribution is 6.71. The van der Waals surface area contributed by atoms with E-state index >= 15 is 0 Å². The average Bonchev–Trinajstić information content (AvgIpc) is 2.11. The van der Waals surface area contributed by atoms with E-state index in [-0.39, 0.29) is 18.4 Å². The van der Waals surface area contributed by atoms with Crippen molar-refractivity contribution in [2.24, 2.45) is 5.41 Å². The molecule has 16 heavy (non-hydrogen) atoms. The van der Waals surface area contributed by atoms with Gasteiger partial charge < -0.3 is 9.16 Å². The molecule has 0 fully saturated rings. The SMILES string of the molecule is COC(=O)C(C)(C)CCC(=O)O[Si](C)(C)C. The van der Waals surface area contributed by atoms with Crippen molar-refractivity contribution in [1.29, 1.82) is 0 Å². The molecule has 0 heterocycles. The summed E-state index contributed by atoms with van der Waals surface area (Å²) in [5, 5.41) is 0. The summed E-state index contributed by atoms with van der Waals surface area (Å²) >= 11 is 0. The third-order valence-corrected chi connectivity index (χ3v) is 2.95. The van der Waals surface area contributed by atoms with Gasteiger partial charge >= 0.3 is 5.97 Å². The Balaban J connectivity index is 4.15. The first-order valence-corrected chi connectivity index (χ1v) is 8.79. The van der Waals surface area contributed by atoms with E-state index in [0.717, 1.165) is 0 Å². The molecule has 0 aromatic heterocycles. The first-order valence-electron chi connectivity index (χ1n) is 5.39. The van der Waals surface area contributed by atoms with Crippen LogP contribution in [0.4, 0.5) is 0 Å². The molecule has 0 aromatic rings. The molecule has 0 N–H and O–H groups in total. The Labute approximate surface area is 98.4 Å².